The Kier molecular flexibility index (Phi) is 3.54. The van der Waals surface area contributed by atoms with E-state index in [2.05, 4.69) is 17.2 Å². The van der Waals surface area contributed by atoms with E-state index in [-0.39, 0.29) is 5.91 Å². The van der Waals surface area contributed by atoms with Crippen LogP contribution >= 0.6 is 0 Å². The van der Waals surface area contributed by atoms with Gasteiger partial charge in [0.2, 0.25) is 0 Å². The summed E-state index contributed by atoms with van der Waals surface area (Å²) in [4.78, 5) is 15.8. The van der Waals surface area contributed by atoms with E-state index in [4.69, 9.17) is 0 Å². The summed E-state index contributed by atoms with van der Waals surface area (Å²) in [5, 5.41) is 3.09. The average molecular weight is 218 g/mol. The van der Waals surface area contributed by atoms with E-state index in [1.165, 1.54) is 12.8 Å². The molecule has 3 nitrogen and oxygen atoms in total. The lowest BCUT2D eigenvalue weighted by atomic mass is 9.87. The molecular weight excluding hydrogens is 200 g/mol. The number of rotatable bonds is 2. The predicted molar refractivity (Wildman–Crippen MR) is 63.1 cm³/mol. The molecule has 0 radical (unpaired) electrons. The van der Waals surface area contributed by atoms with E-state index < -0.39 is 0 Å². The fourth-order valence-corrected chi connectivity index (χ4v) is 2.18. The lowest BCUT2D eigenvalue weighted by molar-refractivity contribution is 0.0923. The summed E-state index contributed by atoms with van der Waals surface area (Å²) in [6.07, 6.45) is 7.97. The van der Waals surface area contributed by atoms with Crippen LogP contribution in [0.4, 0.5) is 0 Å². The highest BCUT2D eigenvalue weighted by Gasteiger charge is 2.19. The molecule has 0 atom stereocenters. The highest BCUT2D eigenvalue weighted by molar-refractivity contribution is 5.94. The van der Waals surface area contributed by atoms with Crippen molar-refractivity contribution in [2.45, 2.75) is 38.6 Å². The SMILES string of the molecule is C[C@H]1CC[C@H](NC(=O)c2ccncc2)CC1. The van der Waals surface area contributed by atoms with Gasteiger partial charge >= 0.3 is 0 Å². The van der Waals surface area contributed by atoms with Crippen molar-refractivity contribution in [3.8, 4) is 0 Å². The van der Waals surface area contributed by atoms with Gasteiger partial charge in [-0.25, -0.2) is 0 Å². The summed E-state index contributed by atoms with van der Waals surface area (Å²) in [7, 11) is 0. The van der Waals surface area contributed by atoms with E-state index in [1.807, 2.05) is 0 Å². The van der Waals surface area contributed by atoms with Crippen LogP contribution in [0.2, 0.25) is 0 Å². The maximum absolute atomic E-state index is 11.9. The molecule has 1 saturated carbocycles. The predicted octanol–water partition coefficient (Wildman–Crippen LogP) is 2.39. The zero-order valence-electron chi connectivity index (χ0n) is 9.65. The second-order valence-corrected chi connectivity index (χ2v) is 4.67. The molecule has 0 aliphatic heterocycles. The molecule has 1 fully saturated rings. The minimum atomic E-state index is 0.0296. The number of hydrogen-bond acceptors (Lipinski definition) is 2. The molecule has 0 saturated heterocycles. The first-order valence-electron chi connectivity index (χ1n) is 5.96. The van der Waals surface area contributed by atoms with Gasteiger partial charge in [-0.15, -0.1) is 0 Å². The molecule has 1 heterocycles. The Morgan fingerprint density at radius 3 is 2.50 bits per heavy atom. The maximum Gasteiger partial charge on any atom is 0.251 e. The van der Waals surface area contributed by atoms with E-state index >= 15 is 0 Å². The van der Waals surface area contributed by atoms with Crippen molar-refractivity contribution in [2.24, 2.45) is 5.92 Å². The first-order chi connectivity index (χ1) is 7.75. The molecule has 86 valence electrons. The monoisotopic (exact) mass is 218 g/mol. The summed E-state index contributed by atoms with van der Waals surface area (Å²) in [6.45, 7) is 2.28. The molecule has 0 aromatic carbocycles. The van der Waals surface area contributed by atoms with Gasteiger partial charge in [0.05, 0.1) is 0 Å². The maximum atomic E-state index is 11.9. The minimum absolute atomic E-state index is 0.0296. The molecule has 0 unspecified atom stereocenters. The molecule has 0 spiro atoms. The zero-order valence-corrected chi connectivity index (χ0v) is 9.65. The van der Waals surface area contributed by atoms with Crippen LogP contribution in [0.25, 0.3) is 0 Å². The van der Waals surface area contributed by atoms with Gasteiger partial charge in [-0.3, -0.25) is 9.78 Å². The lowest BCUT2D eigenvalue weighted by Gasteiger charge is -2.26. The second kappa shape index (κ2) is 5.10. The topological polar surface area (TPSA) is 42.0 Å². The van der Waals surface area contributed by atoms with Crippen LogP contribution in [0.3, 0.4) is 0 Å². The quantitative estimate of drug-likeness (QED) is 0.828. The Bertz CT molecular complexity index is 342. The third-order valence-corrected chi connectivity index (χ3v) is 3.29. The Labute approximate surface area is 96.3 Å². The van der Waals surface area contributed by atoms with Gasteiger partial charge in [-0.1, -0.05) is 6.92 Å². The number of nitrogens with one attached hydrogen (secondary N) is 1. The van der Waals surface area contributed by atoms with E-state index in [0.29, 0.717) is 11.6 Å². The highest BCUT2D eigenvalue weighted by atomic mass is 16.1. The summed E-state index contributed by atoms with van der Waals surface area (Å²) in [5.41, 5.74) is 0.702. The molecule has 2 rings (SSSR count). The number of carbonyl (C=O) groups excluding carboxylic acids is 1. The van der Waals surface area contributed by atoms with Crippen LogP contribution in [0.5, 0.6) is 0 Å². The van der Waals surface area contributed by atoms with E-state index in [1.54, 1.807) is 24.5 Å². The van der Waals surface area contributed by atoms with E-state index in [0.717, 1.165) is 18.8 Å². The van der Waals surface area contributed by atoms with Gasteiger partial charge in [0, 0.05) is 24.0 Å². The molecule has 3 heteroatoms. The Morgan fingerprint density at radius 2 is 1.88 bits per heavy atom. The van der Waals surface area contributed by atoms with Gasteiger partial charge < -0.3 is 5.32 Å². The molecular formula is C13H18N2O. The number of nitrogens with zero attached hydrogens (tertiary/aromatic N) is 1. The summed E-state index contributed by atoms with van der Waals surface area (Å²) >= 11 is 0. The zero-order chi connectivity index (χ0) is 11.4. The third-order valence-electron chi connectivity index (χ3n) is 3.29. The van der Waals surface area contributed by atoms with Crippen molar-refractivity contribution in [2.75, 3.05) is 0 Å². The van der Waals surface area contributed by atoms with Crippen molar-refractivity contribution < 1.29 is 4.79 Å². The van der Waals surface area contributed by atoms with Gasteiger partial charge in [-0.05, 0) is 43.7 Å². The molecule has 0 bridgehead atoms. The van der Waals surface area contributed by atoms with Crippen LogP contribution in [0, 0.1) is 5.92 Å². The van der Waals surface area contributed by atoms with Crippen molar-refractivity contribution in [3.05, 3.63) is 30.1 Å². The molecule has 1 aromatic rings. The normalized spacial score (nSPS) is 25.1. The molecule has 1 N–H and O–H groups in total. The van der Waals surface area contributed by atoms with Crippen molar-refractivity contribution >= 4 is 5.91 Å². The summed E-state index contributed by atoms with van der Waals surface area (Å²) in [6, 6.07) is 3.86. The fraction of sp³-hybridized carbons (Fsp3) is 0.538. The fourth-order valence-electron chi connectivity index (χ4n) is 2.18. The molecule has 1 amide bonds. The van der Waals surface area contributed by atoms with Gasteiger partial charge in [0.25, 0.3) is 5.91 Å². The van der Waals surface area contributed by atoms with Crippen molar-refractivity contribution in [3.63, 3.8) is 0 Å². The highest BCUT2D eigenvalue weighted by Crippen LogP contribution is 2.23. The van der Waals surface area contributed by atoms with Gasteiger partial charge in [-0.2, -0.15) is 0 Å². The van der Waals surface area contributed by atoms with E-state index in [9.17, 15) is 4.79 Å². The third kappa shape index (κ3) is 2.81. The van der Waals surface area contributed by atoms with Crippen LogP contribution in [0.15, 0.2) is 24.5 Å². The van der Waals surface area contributed by atoms with Crippen molar-refractivity contribution in [1.29, 1.82) is 0 Å². The minimum Gasteiger partial charge on any atom is -0.349 e. The Hall–Kier alpha value is -1.38. The number of carbonyl (C=O) groups is 1. The van der Waals surface area contributed by atoms with Crippen molar-refractivity contribution in [1.82, 2.24) is 10.3 Å². The average Bonchev–Trinajstić information content (AvgIpc) is 2.33. The molecule has 16 heavy (non-hydrogen) atoms. The number of amides is 1. The van der Waals surface area contributed by atoms with Gasteiger partial charge in [0.15, 0.2) is 0 Å². The summed E-state index contributed by atoms with van der Waals surface area (Å²) < 4.78 is 0. The Morgan fingerprint density at radius 1 is 1.25 bits per heavy atom. The van der Waals surface area contributed by atoms with Crippen LogP contribution in [-0.2, 0) is 0 Å². The first-order valence-corrected chi connectivity index (χ1v) is 5.96. The smallest absolute Gasteiger partial charge is 0.251 e. The van der Waals surface area contributed by atoms with Crippen LogP contribution in [0.1, 0.15) is 43.0 Å². The molecule has 1 aromatic heterocycles. The largest absolute Gasteiger partial charge is 0.349 e. The number of pyridine rings is 1. The number of aromatic nitrogens is 1. The molecule has 1 aliphatic rings. The second-order valence-electron chi connectivity index (χ2n) is 4.67. The van der Waals surface area contributed by atoms with Crippen LogP contribution < -0.4 is 5.32 Å². The summed E-state index contributed by atoms with van der Waals surface area (Å²) in [5.74, 6) is 0.844. The molecule has 1 aliphatic carbocycles. The van der Waals surface area contributed by atoms with Gasteiger partial charge in [0.1, 0.15) is 0 Å². The Balaban J connectivity index is 1.88. The standard InChI is InChI=1S/C13H18N2O/c1-10-2-4-12(5-3-10)15-13(16)11-6-8-14-9-7-11/h6-10,12H,2-5H2,1H3,(H,15,16)/t10-,12-. The van der Waals surface area contributed by atoms with Crippen LogP contribution in [-0.4, -0.2) is 16.9 Å². The first kappa shape index (κ1) is 11.1. The lowest BCUT2D eigenvalue weighted by Crippen LogP contribution is -2.37. The number of hydrogen-bond donors (Lipinski definition) is 1.